The first-order valence-corrected chi connectivity index (χ1v) is 7.28. The molecule has 3 rings (SSSR count). The van der Waals surface area contributed by atoms with Crippen LogP contribution in [0.1, 0.15) is 12.5 Å². The van der Waals surface area contributed by atoms with Gasteiger partial charge in [0.1, 0.15) is 24.0 Å². The first-order chi connectivity index (χ1) is 10.3. The van der Waals surface area contributed by atoms with E-state index in [0.717, 1.165) is 30.5 Å². The number of morpholine rings is 1. The molecular weight excluding hydrogens is 306 g/mol. The van der Waals surface area contributed by atoms with E-state index >= 15 is 0 Å². The van der Waals surface area contributed by atoms with Gasteiger partial charge in [-0.15, -0.1) is 12.4 Å². The lowest BCUT2D eigenvalue weighted by Gasteiger charge is -2.23. The number of ether oxygens (including phenoxy) is 2. The summed E-state index contributed by atoms with van der Waals surface area (Å²) in [6.45, 7) is 4.89. The van der Waals surface area contributed by atoms with Gasteiger partial charge in [-0.3, -0.25) is 0 Å². The minimum atomic E-state index is -0.323. The van der Waals surface area contributed by atoms with Crippen molar-refractivity contribution in [2.45, 2.75) is 19.4 Å². The highest BCUT2D eigenvalue weighted by atomic mass is 35.5. The first-order valence-electron chi connectivity index (χ1n) is 7.28. The summed E-state index contributed by atoms with van der Waals surface area (Å²) in [4.78, 5) is 11.5. The molecular formula is C16H20ClNO4. The van der Waals surface area contributed by atoms with E-state index in [1.807, 2.05) is 19.1 Å². The van der Waals surface area contributed by atoms with E-state index in [1.165, 1.54) is 0 Å². The second-order valence-corrected chi connectivity index (χ2v) is 5.11. The largest absolute Gasteiger partial charge is 0.491 e. The predicted molar refractivity (Wildman–Crippen MR) is 87.2 cm³/mol. The molecule has 1 aliphatic heterocycles. The molecule has 1 aliphatic rings. The fourth-order valence-electron chi connectivity index (χ4n) is 2.51. The normalized spacial score (nSPS) is 18.0. The van der Waals surface area contributed by atoms with Gasteiger partial charge >= 0.3 is 5.63 Å². The summed E-state index contributed by atoms with van der Waals surface area (Å²) in [5, 5.41) is 4.22. The van der Waals surface area contributed by atoms with Gasteiger partial charge < -0.3 is 19.2 Å². The highest BCUT2D eigenvalue weighted by molar-refractivity contribution is 5.85. The van der Waals surface area contributed by atoms with Crippen LogP contribution in [0, 0.1) is 0 Å². The van der Waals surface area contributed by atoms with Crippen molar-refractivity contribution < 1.29 is 13.9 Å². The average molecular weight is 326 g/mol. The summed E-state index contributed by atoms with van der Waals surface area (Å²) in [5.74, 6) is 0.688. The van der Waals surface area contributed by atoms with Crippen LogP contribution in [0.4, 0.5) is 0 Å². The van der Waals surface area contributed by atoms with Gasteiger partial charge in [0, 0.05) is 30.6 Å². The van der Waals surface area contributed by atoms with Crippen LogP contribution >= 0.6 is 12.4 Å². The number of rotatable bonds is 4. The molecule has 1 saturated heterocycles. The first kappa shape index (κ1) is 16.8. The topological polar surface area (TPSA) is 60.7 Å². The molecule has 0 radical (unpaired) electrons. The summed E-state index contributed by atoms with van der Waals surface area (Å²) >= 11 is 0. The SMILES string of the molecule is CCc1cc(=O)oc2cc(OCC3CNCCO3)ccc12.Cl. The van der Waals surface area contributed by atoms with Crippen LogP contribution in [-0.4, -0.2) is 32.4 Å². The predicted octanol–water partition coefficient (Wildman–Crippen LogP) is 2.14. The molecule has 1 unspecified atom stereocenters. The molecule has 6 heteroatoms. The molecule has 1 N–H and O–H groups in total. The van der Waals surface area contributed by atoms with Crippen molar-refractivity contribution in [1.29, 1.82) is 0 Å². The molecule has 0 spiro atoms. The van der Waals surface area contributed by atoms with E-state index in [9.17, 15) is 4.79 Å². The molecule has 22 heavy (non-hydrogen) atoms. The van der Waals surface area contributed by atoms with E-state index in [1.54, 1.807) is 12.1 Å². The van der Waals surface area contributed by atoms with Crippen molar-refractivity contribution in [2.24, 2.45) is 0 Å². The molecule has 1 fully saturated rings. The number of fused-ring (bicyclic) bond motifs is 1. The van der Waals surface area contributed by atoms with Crippen molar-refractivity contribution >= 4 is 23.4 Å². The van der Waals surface area contributed by atoms with Gasteiger partial charge in [0.15, 0.2) is 0 Å². The lowest BCUT2D eigenvalue weighted by atomic mass is 10.1. The number of aryl methyl sites for hydroxylation is 1. The molecule has 1 aromatic carbocycles. The Morgan fingerprint density at radius 1 is 1.36 bits per heavy atom. The fraction of sp³-hybridized carbons (Fsp3) is 0.438. The van der Waals surface area contributed by atoms with Crippen molar-refractivity contribution in [3.8, 4) is 5.75 Å². The molecule has 120 valence electrons. The summed E-state index contributed by atoms with van der Waals surface area (Å²) in [6.07, 6.45) is 0.854. The van der Waals surface area contributed by atoms with Crippen molar-refractivity contribution in [1.82, 2.24) is 5.32 Å². The van der Waals surface area contributed by atoms with E-state index in [2.05, 4.69) is 5.32 Å². The van der Waals surface area contributed by atoms with Gasteiger partial charge in [-0.05, 0) is 24.1 Å². The van der Waals surface area contributed by atoms with Gasteiger partial charge in [-0.25, -0.2) is 4.79 Å². The Morgan fingerprint density at radius 3 is 2.95 bits per heavy atom. The standard InChI is InChI=1S/C16H19NO4.ClH/c1-2-11-7-16(18)21-15-8-12(3-4-14(11)15)20-10-13-9-17-5-6-19-13;/h3-4,7-8,13,17H,2,5-6,9-10H2,1H3;1H. The summed E-state index contributed by atoms with van der Waals surface area (Å²) in [5.41, 5.74) is 1.24. The van der Waals surface area contributed by atoms with Gasteiger partial charge in [0.25, 0.3) is 0 Å². The van der Waals surface area contributed by atoms with Crippen LogP contribution in [0.2, 0.25) is 0 Å². The minimum absolute atomic E-state index is 0. The third-order valence-corrected chi connectivity index (χ3v) is 3.62. The fourth-order valence-corrected chi connectivity index (χ4v) is 2.51. The zero-order valence-corrected chi connectivity index (χ0v) is 13.3. The second kappa shape index (κ2) is 7.63. The maximum absolute atomic E-state index is 11.5. The van der Waals surface area contributed by atoms with Crippen LogP contribution in [0.15, 0.2) is 33.5 Å². The molecule has 0 bridgehead atoms. The quantitative estimate of drug-likeness (QED) is 0.873. The van der Waals surface area contributed by atoms with E-state index in [-0.39, 0.29) is 24.1 Å². The lowest BCUT2D eigenvalue weighted by molar-refractivity contribution is 0.000206. The van der Waals surface area contributed by atoms with Gasteiger partial charge in [-0.2, -0.15) is 0 Å². The van der Waals surface area contributed by atoms with E-state index < -0.39 is 0 Å². The monoisotopic (exact) mass is 325 g/mol. The average Bonchev–Trinajstić information content (AvgIpc) is 2.52. The van der Waals surface area contributed by atoms with Crippen LogP contribution in [0.5, 0.6) is 5.75 Å². The van der Waals surface area contributed by atoms with Crippen molar-refractivity contribution in [3.63, 3.8) is 0 Å². The molecule has 0 saturated carbocycles. The Bertz CT molecular complexity index is 679. The summed E-state index contributed by atoms with van der Waals surface area (Å²) < 4.78 is 16.6. The maximum atomic E-state index is 11.5. The number of hydrogen-bond donors (Lipinski definition) is 1. The van der Waals surface area contributed by atoms with Gasteiger partial charge in [0.05, 0.1) is 6.61 Å². The molecule has 1 atom stereocenters. The van der Waals surface area contributed by atoms with Crippen LogP contribution in [0.3, 0.4) is 0 Å². The smallest absolute Gasteiger partial charge is 0.336 e. The number of halogens is 1. The van der Waals surface area contributed by atoms with E-state index in [0.29, 0.717) is 24.5 Å². The maximum Gasteiger partial charge on any atom is 0.336 e. The van der Waals surface area contributed by atoms with Crippen LogP contribution in [-0.2, 0) is 11.2 Å². The molecule has 0 aliphatic carbocycles. The third-order valence-electron chi connectivity index (χ3n) is 3.62. The van der Waals surface area contributed by atoms with Crippen molar-refractivity contribution in [2.75, 3.05) is 26.3 Å². The Morgan fingerprint density at radius 2 is 2.23 bits per heavy atom. The highest BCUT2D eigenvalue weighted by Gasteiger charge is 2.14. The zero-order chi connectivity index (χ0) is 14.7. The van der Waals surface area contributed by atoms with Crippen LogP contribution < -0.4 is 15.7 Å². The zero-order valence-electron chi connectivity index (χ0n) is 12.5. The molecule has 1 aromatic heterocycles. The Hall–Kier alpha value is -1.56. The summed E-state index contributed by atoms with van der Waals surface area (Å²) in [7, 11) is 0. The van der Waals surface area contributed by atoms with Crippen molar-refractivity contribution in [3.05, 3.63) is 40.2 Å². The number of benzene rings is 1. The minimum Gasteiger partial charge on any atom is -0.491 e. The number of nitrogens with one attached hydrogen (secondary N) is 1. The third kappa shape index (κ3) is 3.80. The Balaban J connectivity index is 0.00000176. The van der Waals surface area contributed by atoms with Gasteiger partial charge in [-0.1, -0.05) is 6.92 Å². The highest BCUT2D eigenvalue weighted by Crippen LogP contribution is 2.23. The number of hydrogen-bond acceptors (Lipinski definition) is 5. The Kier molecular flexibility index (Phi) is 5.83. The molecule has 2 aromatic rings. The van der Waals surface area contributed by atoms with Gasteiger partial charge in [0.2, 0.25) is 0 Å². The van der Waals surface area contributed by atoms with E-state index in [4.69, 9.17) is 13.9 Å². The van der Waals surface area contributed by atoms with Crippen LogP contribution in [0.25, 0.3) is 11.0 Å². The molecule has 5 nitrogen and oxygen atoms in total. The molecule has 0 amide bonds. The lowest BCUT2D eigenvalue weighted by Crippen LogP contribution is -2.41. The molecule has 2 heterocycles. The Labute approximate surface area is 135 Å². The second-order valence-electron chi connectivity index (χ2n) is 5.11. The summed E-state index contributed by atoms with van der Waals surface area (Å²) in [6, 6.07) is 7.15.